The van der Waals surface area contributed by atoms with E-state index in [1.807, 2.05) is 20.8 Å². The molecule has 0 spiro atoms. The van der Waals surface area contributed by atoms with Gasteiger partial charge in [-0.1, -0.05) is 20.8 Å². The zero-order valence-electron chi connectivity index (χ0n) is 18.5. The molecule has 1 heterocycles. The number of methoxy groups -OCH3 is 1. The quantitative estimate of drug-likeness (QED) is 0.273. The van der Waals surface area contributed by atoms with Crippen LogP contribution in [-0.2, 0) is 23.8 Å². The largest absolute Gasteiger partial charge is 0.481 e. The number of carbonyl (C=O) groups is 2. The summed E-state index contributed by atoms with van der Waals surface area (Å²) in [4.78, 5) is 23.6. The SMILES string of the molecule is COC1C(C(=O)O)CC(OC2C(O)C(CO)OC(C(C)(C)C)C2NC(C)=O)C(O)C1O. The van der Waals surface area contributed by atoms with Gasteiger partial charge in [-0.15, -0.1) is 0 Å². The molecule has 10 unspecified atom stereocenters. The molecule has 11 heteroatoms. The molecule has 1 aliphatic carbocycles. The Bertz CT molecular complexity index is 638. The van der Waals surface area contributed by atoms with Crippen LogP contribution in [0.4, 0.5) is 0 Å². The Morgan fingerprint density at radius 2 is 1.71 bits per heavy atom. The second kappa shape index (κ2) is 10.1. The second-order valence-electron chi connectivity index (χ2n) is 9.36. The predicted molar refractivity (Wildman–Crippen MR) is 106 cm³/mol. The summed E-state index contributed by atoms with van der Waals surface area (Å²) in [7, 11) is 1.24. The summed E-state index contributed by atoms with van der Waals surface area (Å²) in [6.07, 6.45) is -9.73. The number of nitrogens with one attached hydrogen (secondary N) is 1. The molecule has 11 nitrogen and oxygen atoms in total. The van der Waals surface area contributed by atoms with Crippen LogP contribution in [0.1, 0.15) is 34.1 Å². The molecule has 0 aromatic heterocycles. The topological polar surface area (TPSA) is 175 Å². The molecule has 0 bridgehead atoms. The standard InChI is InChI=1S/C20H35NO10/c1-8(23)21-12-17(14(25)11(7-22)31-18(12)20(2,3)4)30-10-6-9(19(27)28)16(29-5)15(26)13(10)24/h9-18,22,24-26H,6-7H2,1-5H3,(H,21,23)(H,27,28). The Morgan fingerprint density at radius 1 is 1.10 bits per heavy atom. The van der Waals surface area contributed by atoms with Crippen molar-refractivity contribution in [3.8, 4) is 0 Å². The van der Waals surface area contributed by atoms with E-state index in [0.29, 0.717) is 0 Å². The molecule has 10 atom stereocenters. The van der Waals surface area contributed by atoms with Crippen LogP contribution < -0.4 is 5.32 Å². The summed E-state index contributed by atoms with van der Waals surface area (Å²) in [5, 5.41) is 53.7. The average molecular weight is 449 g/mol. The second-order valence-corrected chi connectivity index (χ2v) is 9.36. The Labute approximate surface area is 181 Å². The summed E-state index contributed by atoms with van der Waals surface area (Å²) >= 11 is 0. The number of hydrogen-bond acceptors (Lipinski definition) is 9. The van der Waals surface area contributed by atoms with Crippen molar-refractivity contribution >= 4 is 11.9 Å². The minimum atomic E-state index is -1.53. The number of amides is 1. The van der Waals surface area contributed by atoms with Crippen molar-refractivity contribution in [1.29, 1.82) is 0 Å². The zero-order chi connectivity index (χ0) is 23.7. The van der Waals surface area contributed by atoms with Crippen LogP contribution >= 0.6 is 0 Å². The number of carboxylic acid groups (broad SMARTS) is 1. The van der Waals surface area contributed by atoms with E-state index in [1.165, 1.54) is 14.0 Å². The first-order chi connectivity index (χ1) is 14.3. The van der Waals surface area contributed by atoms with Crippen molar-refractivity contribution < 1.29 is 49.3 Å². The minimum absolute atomic E-state index is 0.188. The molecule has 1 amide bonds. The lowest BCUT2D eigenvalue weighted by Gasteiger charge is -2.51. The van der Waals surface area contributed by atoms with Gasteiger partial charge in [0, 0.05) is 14.0 Å². The van der Waals surface area contributed by atoms with Crippen LogP contribution in [0, 0.1) is 11.3 Å². The maximum atomic E-state index is 11.9. The molecule has 0 aromatic rings. The van der Waals surface area contributed by atoms with Crippen LogP contribution in [-0.4, -0.2) is 106 Å². The van der Waals surface area contributed by atoms with E-state index in [9.17, 15) is 35.1 Å². The summed E-state index contributed by atoms with van der Waals surface area (Å²) in [5.41, 5.74) is -0.530. The van der Waals surface area contributed by atoms with Gasteiger partial charge in [-0.3, -0.25) is 9.59 Å². The van der Waals surface area contributed by atoms with Gasteiger partial charge in [-0.2, -0.15) is 0 Å². The number of hydrogen-bond donors (Lipinski definition) is 6. The Balaban J connectivity index is 2.38. The molecule has 180 valence electrons. The van der Waals surface area contributed by atoms with E-state index >= 15 is 0 Å². The molecule has 1 saturated heterocycles. The molecule has 0 radical (unpaired) electrons. The van der Waals surface area contributed by atoms with Gasteiger partial charge in [0.2, 0.25) is 5.91 Å². The number of carbonyl (C=O) groups excluding carboxylic acids is 1. The third kappa shape index (κ3) is 5.54. The molecule has 1 aliphatic heterocycles. The molecule has 2 aliphatic rings. The van der Waals surface area contributed by atoms with Crippen LogP contribution in [0.2, 0.25) is 0 Å². The van der Waals surface area contributed by atoms with Crippen LogP contribution in [0.5, 0.6) is 0 Å². The summed E-state index contributed by atoms with van der Waals surface area (Å²) in [6, 6.07) is -0.858. The highest BCUT2D eigenvalue weighted by atomic mass is 16.6. The van der Waals surface area contributed by atoms with E-state index < -0.39 is 84.7 Å². The number of aliphatic hydroxyl groups excluding tert-OH is 4. The molecule has 31 heavy (non-hydrogen) atoms. The molecule has 1 saturated carbocycles. The molecule has 6 N–H and O–H groups in total. The van der Waals surface area contributed by atoms with E-state index in [-0.39, 0.29) is 6.42 Å². The number of carboxylic acids is 1. The number of aliphatic hydroxyl groups is 4. The highest BCUT2D eigenvalue weighted by Gasteiger charge is 2.53. The lowest BCUT2D eigenvalue weighted by molar-refractivity contribution is -0.259. The van der Waals surface area contributed by atoms with Crippen molar-refractivity contribution in [1.82, 2.24) is 5.32 Å². The number of rotatable bonds is 6. The number of ether oxygens (including phenoxy) is 3. The van der Waals surface area contributed by atoms with Gasteiger partial charge >= 0.3 is 5.97 Å². The lowest BCUT2D eigenvalue weighted by Crippen LogP contribution is -2.69. The summed E-state index contributed by atoms with van der Waals surface area (Å²) in [5.74, 6) is -2.78. The van der Waals surface area contributed by atoms with Crippen LogP contribution in [0.25, 0.3) is 0 Å². The van der Waals surface area contributed by atoms with Crippen molar-refractivity contribution in [2.45, 2.75) is 89.0 Å². The Kier molecular flexibility index (Phi) is 8.42. The molecule has 2 rings (SSSR count). The average Bonchev–Trinajstić information content (AvgIpc) is 2.66. The van der Waals surface area contributed by atoms with Crippen molar-refractivity contribution in [3.63, 3.8) is 0 Å². The monoisotopic (exact) mass is 449 g/mol. The normalized spacial score (nSPS) is 41.6. The van der Waals surface area contributed by atoms with E-state index in [2.05, 4.69) is 5.32 Å². The van der Waals surface area contributed by atoms with Crippen molar-refractivity contribution in [3.05, 3.63) is 0 Å². The Morgan fingerprint density at radius 3 is 2.16 bits per heavy atom. The first-order valence-electron chi connectivity index (χ1n) is 10.3. The van der Waals surface area contributed by atoms with Gasteiger partial charge in [-0.05, 0) is 11.8 Å². The predicted octanol–water partition coefficient (Wildman–Crippen LogP) is -1.75. The van der Waals surface area contributed by atoms with Gasteiger partial charge in [0.1, 0.15) is 30.5 Å². The third-order valence-corrected chi connectivity index (χ3v) is 5.99. The van der Waals surface area contributed by atoms with Crippen molar-refractivity contribution in [2.24, 2.45) is 11.3 Å². The highest BCUT2D eigenvalue weighted by Crippen LogP contribution is 2.37. The molecular formula is C20H35NO10. The highest BCUT2D eigenvalue weighted by molar-refractivity contribution is 5.73. The van der Waals surface area contributed by atoms with E-state index in [4.69, 9.17) is 14.2 Å². The lowest BCUT2D eigenvalue weighted by atomic mass is 9.77. The maximum absolute atomic E-state index is 11.9. The molecule has 2 fully saturated rings. The first kappa shape index (κ1) is 25.9. The van der Waals surface area contributed by atoms with Crippen LogP contribution in [0.3, 0.4) is 0 Å². The van der Waals surface area contributed by atoms with Gasteiger partial charge in [-0.25, -0.2) is 0 Å². The van der Waals surface area contributed by atoms with Gasteiger partial charge < -0.3 is 45.1 Å². The first-order valence-corrected chi connectivity index (χ1v) is 10.3. The fourth-order valence-corrected chi connectivity index (χ4v) is 4.46. The fourth-order valence-electron chi connectivity index (χ4n) is 4.46. The fraction of sp³-hybridized carbons (Fsp3) is 0.900. The summed E-state index contributed by atoms with van der Waals surface area (Å²) in [6.45, 7) is 6.36. The molecular weight excluding hydrogens is 414 g/mol. The third-order valence-electron chi connectivity index (χ3n) is 5.99. The van der Waals surface area contributed by atoms with Crippen molar-refractivity contribution in [2.75, 3.05) is 13.7 Å². The smallest absolute Gasteiger partial charge is 0.309 e. The van der Waals surface area contributed by atoms with Gasteiger partial charge in [0.05, 0.1) is 36.9 Å². The van der Waals surface area contributed by atoms with Gasteiger partial charge in [0.15, 0.2) is 0 Å². The minimum Gasteiger partial charge on any atom is -0.481 e. The summed E-state index contributed by atoms with van der Waals surface area (Å²) < 4.78 is 16.9. The van der Waals surface area contributed by atoms with Gasteiger partial charge in [0.25, 0.3) is 0 Å². The molecule has 0 aromatic carbocycles. The number of aliphatic carboxylic acids is 1. The zero-order valence-corrected chi connectivity index (χ0v) is 18.5. The Hall–Kier alpha value is -1.34. The van der Waals surface area contributed by atoms with Crippen LogP contribution in [0.15, 0.2) is 0 Å². The maximum Gasteiger partial charge on any atom is 0.309 e. The van der Waals surface area contributed by atoms with E-state index in [0.717, 1.165) is 0 Å². The van der Waals surface area contributed by atoms with E-state index in [1.54, 1.807) is 0 Å².